The van der Waals surface area contributed by atoms with Crippen molar-refractivity contribution in [1.82, 2.24) is 0 Å². The van der Waals surface area contributed by atoms with Crippen LogP contribution in [0.3, 0.4) is 0 Å². The number of nitrogens with zero attached hydrogens (tertiary/aromatic N) is 2. The van der Waals surface area contributed by atoms with Crippen LogP contribution in [0, 0.1) is 7.79 Å². The summed E-state index contributed by atoms with van der Waals surface area (Å²) in [5.74, 6) is -0.152. The van der Waals surface area contributed by atoms with Crippen LogP contribution in [-0.4, -0.2) is 19.0 Å². The van der Waals surface area contributed by atoms with Gasteiger partial charge in [-0.15, -0.1) is 16.2 Å². The molecule has 1 heterocycles. The van der Waals surface area contributed by atoms with Gasteiger partial charge in [-0.05, 0) is 65.9 Å². The normalized spacial score (nSPS) is 10.2. The molecule has 0 aliphatic heterocycles. The summed E-state index contributed by atoms with van der Waals surface area (Å²) < 4.78 is 0.954. The second kappa shape index (κ2) is 8.99. The molecule has 0 aliphatic rings. The third kappa shape index (κ3) is 5.05. The highest BCUT2D eigenvalue weighted by Gasteiger charge is 2.11. The van der Waals surface area contributed by atoms with Gasteiger partial charge in [-0.25, -0.2) is 0 Å². The van der Waals surface area contributed by atoms with Gasteiger partial charge in [0.1, 0.15) is 10.7 Å². The fourth-order valence-electron chi connectivity index (χ4n) is 2.35. The lowest BCUT2D eigenvalue weighted by atomic mass is 10.2. The maximum absolute atomic E-state index is 11.5. The summed E-state index contributed by atoms with van der Waals surface area (Å²) in [4.78, 5) is 24.6. The van der Waals surface area contributed by atoms with Gasteiger partial charge in [0.25, 0.3) is 0 Å². The molecule has 134 valence electrons. The van der Waals surface area contributed by atoms with Crippen LogP contribution in [-0.2, 0) is 4.79 Å². The molecule has 0 radical (unpaired) electrons. The van der Waals surface area contributed by atoms with Gasteiger partial charge in [-0.3, -0.25) is 15.6 Å². The number of amides is 1. The molecule has 0 unspecified atom stereocenters. The van der Waals surface area contributed by atoms with Crippen LogP contribution in [0.5, 0.6) is 0 Å². The zero-order valence-corrected chi connectivity index (χ0v) is 17.2. The number of halogens is 1. The maximum atomic E-state index is 11.5. The summed E-state index contributed by atoms with van der Waals surface area (Å²) in [7, 11) is 0. The number of benzene rings is 1. The predicted molar refractivity (Wildman–Crippen MR) is 114 cm³/mol. The number of carbonyl (C=O) groups is 1. The fourth-order valence-corrected chi connectivity index (χ4v) is 3.98. The third-order valence-electron chi connectivity index (χ3n) is 3.53. The molecule has 0 spiro atoms. The highest BCUT2D eigenvalue weighted by molar-refractivity contribution is 14.1. The minimum Gasteiger partial charge on any atom is -0.372 e. The van der Waals surface area contributed by atoms with Gasteiger partial charge in [-0.1, -0.05) is 0 Å². The van der Waals surface area contributed by atoms with E-state index in [4.69, 9.17) is 0 Å². The van der Waals surface area contributed by atoms with Gasteiger partial charge in [-0.2, -0.15) is 0 Å². The second-order valence-corrected chi connectivity index (χ2v) is 8.14. The number of anilines is 4. The first kappa shape index (κ1) is 19.4. The lowest BCUT2D eigenvalue weighted by molar-refractivity contribution is -0.114. The molecule has 1 aromatic heterocycles. The predicted octanol–water partition coefficient (Wildman–Crippen LogP) is 4.99. The Hall–Kier alpha value is -1.88. The molecule has 0 saturated heterocycles. The molecule has 7 nitrogen and oxygen atoms in total. The third-order valence-corrected chi connectivity index (χ3v) is 5.33. The van der Waals surface area contributed by atoms with Crippen molar-refractivity contribution in [3.63, 3.8) is 0 Å². The molecule has 2 aromatic rings. The monoisotopic (exact) mass is 473 g/mol. The Morgan fingerprint density at radius 2 is 1.92 bits per heavy atom. The van der Waals surface area contributed by atoms with E-state index in [1.807, 2.05) is 18.2 Å². The molecule has 0 aliphatic carbocycles. The summed E-state index contributed by atoms with van der Waals surface area (Å²) in [6, 6.07) is 7.51. The molecular formula is C16H20IN5O2S. The van der Waals surface area contributed by atoms with Gasteiger partial charge in [0.15, 0.2) is 0 Å². The maximum Gasteiger partial charge on any atom is 0.221 e. The second-order valence-electron chi connectivity index (χ2n) is 5.19. The summed E-state index contributed by atoms with van der Waals surface area (Å²) in [6.45, 7) is 7.40. The number of hydrogen-bond donors (Lipinski definition) is 3. The number of thiophene rings is 1. The van der Waals surface area contributed by atoms with Crippen LogP contribution < -0.4 is 21.1 Å². The quantitative estimate of drug-likeness (QED) is 0.286. The summed E-state index contributed by atoms with van der Waals surface area (Å²) >= 11 is 3.55. The molecule has 0 saturated carbocycles. The topological polar surface area (TPSA) is 85.8 Å². The number of nitrogens with one attached hydrogen (secondary N) is 3. The highest BCUT2D eigenvalue weighted by atomic mass is 127. The van der Waals surface area contributed by atoms with Crippen LogP contribution >= 0.6 is 33.9 Å². The van der Waals surface area contributed by atoms with Crippen molar-refractivity contribution in [3.05, 3.63) is 32.1 Å². The van der Waals surface area contributed by atoms with Gasteiger partial charge < -0.3 is 10.2 Å². The summed E-state index contributed by atoms with van der Waals surface area (Å²) in [5, 5.41) is 6.47. The number of hydrogen-bond acceptors (Lipinski definition) is 7. The molecule has 0 bridgehead atoms. The summed E-state index contributed by atoms with van der Waals surface area (Å²) in [5.41, 5.74) is 8.79. The Balaban J connectivity index is 2.26. The van der Waals surface area contributed by atoms with E-state index in [1.54, 1.807) is 6.07 Å². The van der Waals surface area contributed by atoms with E-state index in [9.17, 15) is 9.70 Å². The summed E-state index contributed by atoms with van der Waals surface area (Å²) in [6.07, 6.45) is 0. The molecule has 0 atom stereocenters. The van der Waals surface area contributed by atoms with E-state index < -0.39 is 0 Å². The van der Waals surface area contributed by atoms with Crippen molar-refractivity contribution in [3.8, 4) is 0 Å². The van der Waals surface area contributed by atoms with Gasteiger partial charge in [0.05, 0.1) is 14.3 Å². The van der Waals surface area contributed by atoms with Crippen LogP contribution in [0.1, 0.15) is 20.8 Å². The van der Waals surface area contributed by atoms with E-state index in [1.165, 1.54) is 18.3 Å². The standard InChI is InChI=1S/C16H20IN5O2S/c1-4-22(5-2)11-6-7-12(13(8-11)18-10(3)23)19-20-16-14(21-24)9-15(17)25-16/h6-9,19-20H,4-5H2,1-3H3,(H,18,23). The molecule has 1 aromatic carbocycles. The van der Waals surface area contributed by atoms with Crippen molar-refractivity contribution in [2.45, 2.75) is 20.8 Å². The zero-order valence-electron chi connectivity index (χ0n) is 14.2. The van der Waals surface area contributed by atoms with E-state index in [-0.39, 0.29) is 5.91 Å². The smallest absolute Gasteiger partial charge is 0.221 e. The largest absolute Gasteiger partial charge is 0.372 e. The molecule has 9 heteroatoms. The van der Waals surface area contributed by atoms with Crippen LogP contribution in [0.15, 0.2) is 29.4 Å². The SMILES string of the molecule is CCN(CC)c1ccc(NNc2sc(I)cc2N=O)c(NC(C)=O)c1. The number of hydrazine groups is 1. The number of nitroso groups, excluding NO2 is 1. The van der Waals surface area contributed by atoms with Gasteiger partial charge in [0, 0.05) is 25.7 Å². The minimum absolute atomic E-state index is 0.152. The molecule has 2 rings (SSSR count). The van der Waals surface area contributed by atoms with Gasteiger partial charge >= 0.3 is 0 Å². The minimum atomic E-state index is -0.152. The molecular weight excluding hydrogens is 453 g/mol. The molecule has 3 N–H and O–H groups in total. The van der Waals surface area contributed by atoms with Crippen LogP contribution in [0.25, 0.3) is 0 Å². The van der Waals surface area contributed by atoms with Crippen molar-refractivity contribution >= 4 is 67.6 Å². The lowest BCUT2D eigenvalue weighted by Gasteiger charge is -2.23. The molecule has 0 fully saturated rings. The number of rotatable bonds is 8. The Labute approximate surface area is 164 Å². The number of carbonyl (C=O) groups excluding carboxylic acids is 1. The average Bonchev–Trinajstić information content (AvgIpc) is 2.94. The van der Waals surface area contributed by atoms with Gasteiger partial charge in [0.2, 0.25) is 5.91 Å². The van der Waals surface area contributed by atoms with E-state index in [2.05, 4.69) is 62.7 Å². The Kier molecular flexibility index (Phi) is 7.00. The molecule has 1 amide bonds. The highest BCUT2D eigenvalue weighted by Crippen LogP contribution is 2.36. The van der Waals surface area contributed by atoms with E-state index >= 15 is 0 Å². The van der Waals surface area contributed by atoms with Crippen molar-refractivity contribution in [1.29, 1.82) is 0 Å². The lowest BCUT2D eigenvalue weighted by Crippen LogP contribution is -2.22. The zero-order chi connectivity index (χ0) is 18.4. The van der Waals surface area contributed by atoms with E-state index in [0.29, 0.717) is 22.1 Å². The van der Waals surface area contributed by atoms with Crippen molar-refractivity contribution in [2.75, 3.05) is 34.2 Å². The van der Waals surface area contributed by atoms with Crippen LogP contribution in [0.4, 0.5) is 27.8 Å². The van der Waals surface area contributed by atoms with E-state index in [0.717, 1.165) is 21.7 Å². The Morgan fingerprint density at radius 3 is 2.52 bits per heavy atom. The van der Waals surface area contributed by atoms with Crippen LogP contribution in [0.2, 0.25) is 0 Å². The Morgan fingerprint density at radius 1 is 1.20 bits per heavy atom. The average molecular weight is 473 g/mol. The first-order chi connectivity index (χ1) is 12.0. The fraction of sp³-hybridized carbons (Fsp3) is 0.312. The first-order valence-electron chi connectivity index (χ1n) is 7.79. The van der Waals surface area contributed by atoms with Crippen molar-refractivity contribution < 1.29 is 4.79 Å². The first-order valence-corrected chi connectivity index (χ1v) is 9.69. The molecule has 25 heavy (non-hydrogen) atoms. The van der Waals surface area contributed by atoms with Crippen molar-refractivity contribution in [2.24, 2.45) is 5.18 Å². The Bertz CT molecular complexity index is 761.